The summed E-state index contributed by atoms with van der Waals surface area (Å²) in [5.41, 5.74) is 0. The van der Waals surface area contributed by atoms with Gasteiger partial charge in [0.2, 0.25) is 0 Å². The molecule has 0 aliphatic heterocycles. The van der Waals surface area contributed by atoms with Crippen LogP contribution in [0.25, 0.3) is 0 Å². The van der Waals surface area contributed by atoms with Crippen LogP contribution in [0.4, 0.5) is 0 Å². The molecule has 0 bridgehead atoms. The van der Waals surface area contributed by atoms with Crippen molar-refractivity contribution in [3.63, 3.8) is 0 Å². The molecule has 0 fully saturated rings. The highest BCUT2D eigenvalue weighted by atomic mass is 32.2. The molecule has 0 saturated heterocycles. The molecule has 0 aliphatic rings. The summed E-state index contributed by atoms with van der Waals surface area (Å²) >= 11 is 1.66. The Labute approximate surface area is 82.7 Å². The predicted octanol–water partition coefficient (Wildman–Crippen LogP) is 3.23. The molecule has 1 aromatic heterocycles. The first-order valence-electron chi connectivity index (χ1n) is 4.35. The fourth-order valence-electron chi connectivity index (χ4n) is 0.780. The Balaban J connectivity index is 2.58. The summed E-state index contributed by atoms with van der Waals surface area (Å²) < 4.78 is 5.25. The second-order valence-corrected chi connectivity index (χ2v) is 4.72. The van der Waals surface area contributed by atoms with Crippen LogP contribution in [0.15, 0.2) is 21.6 Å². The molecule has 1 heterocycles. The highest BCUT2D eigenvalue weighted by Crippen LogP contribution is 2.28. The monoisotopic (exact) mass is 198 g/mol. The van der Waals surface area contributed by atoms with E-state index in [1.54, 1.807) is 17.8 Å². The number of furan rings is 1. The van der Waals surface area contributed by atoms with E-state index in [-0.39, 0.29) is 0 Å². The average Bonchev–Trinajstić information content (AvgIpc) is 2.52. The van der Waals surface area contributed by atoms with Gasteiger partial charge >= 0.3 is 0 Å². The minimum absolute atomic E-state index is 0.401. The number of carbonyl (C=O) groups excluding carboxylic acids is 1. The molecular formula is C10H14O2S. The largest absolute Gasteiger partial charge is 0.447 e. The van der Waals surface area contributed by atoms with Gasteiger partial charge < -0.3 is 4.42 Å². The van der Waals surface area contributed by atoms with E-state index < -0.39 is 0 Å². The smallest absolute Gasteiger partial charge is 0.185 e. The van der Waals surface area contributed by atoms with E-state index >= 15 is 0 Å². The Morgan fingerprint density at radius 3 is 2.54 bits per heavy atom. The number of aldehydes is 1. The first-order chi connectivity index (χ1) is 6.13. The maximum absolute atomic E-state index is 10.3. The summed E-state index contributed by atoms with van der Waals surface area (Å²) in [5, 5.41) is 1.33. The van der Waals surface area contributed by atoms with Crippen molar-refractivity contribution in [2.75, 3.05) is 0 Å². The van der Waals surface area contributed by atoms with Gasteiger partial charge in [-0.25, -0.2) is 0 Å². The van der Waals surface area contributed by atoms with Crippen molar-refractivity contribution in [2.24, 2.45) is 5.92 Å². The van der Waals surface area contributed by atoms with E-state index in [1.807, 2.05) is 6.07 Å². The first-order valence-corrected chi connectivity index (χ1v) is 5.23. The third-order valence-electron chi connectivity index (χ3n) is 1.96. The lowest BCUT2D eigenvalue weighted by Gasteiger charge is -2.12. The van der Waals surface area contributed by atoms with Crippen molar-refractivity contribution in [1.82, 2.24) is 0 Å². The molecule has 0 N–H and O–H groups in total. The van der Waals surface area contributed by atoms with Gasteiger partial charge in [-0.3, -0.25) is 4.79 Å². The molecule has 2 nitrogen and oxygen atoms in total. The molecule has 1 aromatic rings. The fraction of sp³-hybridized carbons (Fsp3) is 0.500. The highest BCUT2D eigenvalue weighted by molar-refractivity contribution is 7.99. The number of rotatable bonds is 4. The zero-order valence-electron chi connectivity index (χ0n) is 8.11. The van der Waals surface area contributed by atoms with Gasteiger partial charge in [0.05, 0.1) is 0 Å². The van der Waals surface area contributed by atoms with Crippen LogP contribution in [0.2, 0.25) is 0 Å². The lowest BCUT2D eigenvalue weighted by atomic mass is 10.2. The second kappa shape index (κ2) is 4.51. The maximum atomic E-state index is 10.3. The van der Waals surface area contributed by atoms with Crippen LogP contribution in [-0.2, 0) is 0 Å². The molecule has 0 aromatic carbocycles. The SMILES string of the molecule is CC(C)C(C)Sc1ccc(C=O)o1. The van der Waals surface area contributed by atoms with Gasteiger partial charge in [-0.05, 0) is 18.1 Å². The first kappa shape index (κ1) is 10.4. The van der Waals surface area contributed by atoms with Gasteiger partial charge in [-0.1, -0.05) is 32.5 Å². The Kier molecular flexibility index (Phi) is 3.60. The number of hydrogen-bond acceptors (Lipinski definition) is 3. The molecule has 3 heteroatoms. The zero-order valence-corrected chi connectivity index (χ0v) is 8.93. The van der Waals surface area contributed by atoms with Crippen LogP contribution >= 0.6 is 11.8 Å². The lowest BCUT2D eigenvalue weighted by Crippen LogP contribution is -2.04. The maximum Gasteiger partial charge on any atom is 0.185 e. The van der Waals surface area contributed by atoms with Gasteiger partial charge in [0.25, 0.3) is 0 Å². The molecule has 1 unspecified atom stereocenters. The van der Waals surface area contributed by atoms with Crippen LogP contribution in [0.3, 0.4) is 0 Å². The van der Waals surface area contributed by atoms with Gasteiger partial charge in [0.15, 0.2) is 17.1 Å². The Morgan fingerprint density at radius 2 is 2.08 bits per heavy atom. The van der Waals surface area contributed by atoms with E-state index in [4.69, 9.17) is 4.42 Å². The second-order valence-electron chi connectivity index (χ2n) is 3.34. The Hall–Kier alpha value is -0.700. The molecule has 72 valence electrons. The normalized spacial score (nSPS) is 13.2. The molecule has 0 saturated carbocycles. The number of thioether (sulfide) groups is 1. The molecule has 0 spiro atoms. The summed E-state index contributed by atoms with van der Waals surface area (Å²) in [6.45, 7) is 6.49. The minimum Gasteiger partial charge on any atom is -0.447 e. The van der Waals surface area contributed by atoms with E-state index in [0.717, 1.165) is 11.4 Å². The Bertz CT molecular complexity index is 278. The van der Waals surface area contributed by atoms with Crippen LogP contribution in [0.5, 0.6) is 0 Å². The summed E-state index contributed by atoms with van der Waals surface area (Å²) in [7, 11) is 0. The molecule has 13 heavy (non-hydrogen) atoms. The average molecular weight is 198 g/mol. The van der Waals surface area contributed by atoms with Crippen molar-refractivity contribution < 1.29 is 9.21 Å². The van der Waals surface area contributed by atoms with Crippen molar-refractivity contribution in [1.29, 1.82) is 0 Å². The minimum atomic E-state index is 0.401. The molecular weight excluding hydrogens is 184 g/mol. The van der Waals surface area contributed by atoms with E-state index in [2.05, 4.69) is 20.8 Å². The van der Waals surface area contributed by atoms with E-state index in [0.29, 0.717) is 16.9 Å². The van der Waals surface area contributed by atoms with Crippen LogP contribution < -0.4 is 0 Å². The van der Waals surface area contributed by atoms with Crippen molar-refractivity contribution in [3.05, 3.63) is 17.9 Å². The summed E-state index contributed by atoms with van der Waals surface area (Å²) in [6.07, 6.45) is 0.726. The fourth-order valence-corrected chi connectivity index (χ4v) is 1.71. The van der Waals surface area contributed by atoms with Crippen molar-refractivity contribution in [3.8, 4) is 0 Å². The molecule has 0 aliphatic carbocycles. The predicted molar refractivity (Wildman–Crippen MR) is 54.3 cm³/mol. The van der Waals surface area contributed by atoms with Crippen molar-refractivity contribution in [2.45, 2.75) is 31.1 Å². The molecule has 1 atom stereocenters. The molecule has 0 amide bonds. The number of carbonyl (C=O) groups is 1. The lowest BCUT2D eigenvalue weighted by molar-refractivity contribution is 0.109. The Morgan fingerprint density at radius 1 is 1.38 bits per heavy atom. The molecule has 0 radical (unpaired) electrons. The van der Waals surface area contributed by atoms with Crippen LogP contribution in [0, 0.1) is 5.92 Å². The number of hydrogen-bond donors (Lipinski definition) is 0. The topological polar surface area (TPSA) is 30.2 Å². The zero-order chi connectivity index (χ0) is 9.84. The van der Waals surface area contributed by atoms with E-state index in [9.17, 15) is 4.79 Å². The third-order valence-corrected chi connectivity index (χ3v) is 3.33. The third kappa shape index (κ3) is 2.92. The summed E-state index contributed by atoms with van der Waals surface area (Å²) in [5.74, 6) is 1.01. The van der Waals surface area contributed by atoms with E-state index in [1.165, 1.54) is 0 Å². The van der Waals surface area contributed by atoms with Crippen LogP contribution in [-0.4, -0.2) is 11.5 Å². The van der Waals surface area contributed by atoms with Gasteiger partial charge in [-0.2, -0.15) is 0 Å². The van der Waals surface area contributed by atoms with Crippen molar-refractivity contribution >= 4 is 18.0 Å². The van der Waals surface area contributed by atoms with Gasteiger partial charge in [0, 0.05) is 5.25 Å². The van der Waals surface area contributed by atoms with Crippen LogP contribution in [0.1, 0.15) is 31.3 Å². The summed E-state index contributed by atoms with van der Waals surface area (Å²) in [6, 6.07) is 3.54. The summed E-state index contributed by atoms with van der Waals surface area (Å²) in [4.78, 5) is 10.3. The highest BCUT2D eigenvalue weighted by Gasteiger charge is 2.11. The standard InChI is InChI=1S/C10H14O2S/c1-7(2)8(3)13-10-5-4-9(6-11)12-10/h4-8H,1-3H3. The van der Waals surface area contributed by atoms with Gasteiger partial charge in [-0.15, -0.1) is 0 Å². The van der Waals surface area contributed by atoms with Gasteiger partial charge in [0.1, 0.15) is 0 Å². The molecule has 1 rings (SSSR count). The quantitative estimate of drug-likeness (QED) is 0.549.